The molecule has 27 heavy (non-hydrogen) atoms. The Kier molecular flexibility index (Phi) is 6.63. The number of aromatic nitrogens is 3. The Labute approximate surface area is 168 Å². The summed E-state index contributed by atoms with van der Waals surface area (Å²) in [5, 5.41) is 0. The van der Waals surface area contributed by atoms with E-state index < -0.39 is 0 Å². The van der Waals surface area contributed by atoms with E-state index in [1.54, 1.807) is 6.33 Å². The van der Waals surface area contributed by atoms with E-state index in [-0.39, 0.29) is 12.4 Å². The fourth-order valence-corrected chi connectivity index (χ4v) is 4.06. The lowest BCUT2D eigenvalue weighted by molar-refractivity contribution is 0.206. The van der Waals surface area contributed by atoms with Crippen molar-refractivity contribution in [1.29, 1.82) is 0 Å². The summed E-state index contributed by atoms with van der Waals surface area (Å²) in [5.41, 5.74) is 3.73. The molecular weight excluding hydrogens is 360 g/mol. The Morgan fingerprint density at radius 1 is 1.15 bits per heavy atom. The van der Waals surface area contributed by atoms with Gasteiger partial charge in [0.2, 0.25) is 0 Å². The number of halogens is 1. The molecule has 4 rings (SSSR count). The molecular formula is C20H29ClN6. The molecule has 1 aliphatic carbocycles. The van der Waals surface area contributed by atoms with Crippen LogP contribution in [0.5, 0.6) is 0 Å². The van der Waals surface area contributed by atoms with E-state index in [0.29, 0.717) is 6.04 Å². The van der Waals surface area contributed by atoms with Gasteiger partial charge in [-0.1, -0.05) is 6.07 Å². The zero-order chi connectivity index (χ0) is 17.9. The molecule has 1 saturated heterocycles. The first kappa shape index (κ1) is 20.0. The van der Waals surface area contributed by atoms with Gasteiger partial charge in [-0.2, -0.15) is 0 Å². The molecule has 0 saturated carbocycles. The summed E-state index contributed by atoms with van der Waals surface area (Å²) in [6, 6.07) is 6.80. The Balaban J connectivity index is 0.00000210. The molecule has 0 N–H and O–H groups in total. The monoisotopic (exact) mass is 388 g/mol. The molecule has 0 spiro atoms. The Hall–Kier alpha value is -1.76. The highest BCUT2D eigenvalue weighted by molar-refractivity contribution is 5.85. The number of anilines is 1. The van der Waals surface area contributed by atoms with Crippen molar-refractivity contribution in [1.82, 2.24) is 24.8 Å². The van der Waals surface area contributed by atoms with E-state index in [4.69, 9.17) is 0 Å². The van der Waals surface area contributed by atoms with Crippen molar-refractivity contribution >= 4 is 18.2 Å². The largest absolute Gasteiger partial charge is 0.354 e. The number of nitrogens with zero attached hydrogens (tertiary/aromatic N) is 6. The van der Waals surface area contributed by atoms with Crippen LogP contribution in [0, 0.1) is 0 Å². The molecule has 3 heterocycles. The maximum atomic E-state index is 4.67. The molecule has 0 aromatic carbocycles. The number of pyridine rings is 1. The standard InChI is InChI=1S/C20H28N6.ClH/c1-24-9-11-26(12-10-24)19-13-17(22-15-23-19)14-25(2)18-7-3-5-16-6-4-8-21-20(16)18;/h4,6,8,13,15,18H,3,5,7,9-12,14H2,1-2H3;1H. The molecule has 1 fully saturated rings. The van der Waals surface area contributed by atoms with Crippen LogP contribution in [0.4, 0.5) is 5.82 Å². The van der Waals surface area contributed by atoms with Crippen molar-refractivity contribution in [2.45, 2.75) is 31.8 Å². The Morgan fingerprint density at radius 2 is 1.96 bits per heavy atom. The van der Waals surface area contributed by atoms with Crippen molar-refractivity contribution in [2.24, 2.45) is 0 Å². The van der Waals surface area contributed by atoms with Crippen LogP contribution in [-0.2, 0) is 13.0 Å². The number of fused-ring (bicyclic) bond motifs is 1. The molecule has 2 aromatic rings. The van der Waals surface area contributed by atoms with Gasteiger partial charge in [0.05, 0.1) is 17.4 Å². The second-order valence-electron chi connectivity index (χ2n) is 7.53. The van der Waals surface area contributed by atoms with Crippen molar-refractivity contribution in [2.75, 3.05) is 45.2 Å². The molecule has 0 radical (unpaired) electrons. The molecule has 1 aliphatic heterocycles. The van der Waals surface area contributed by atoms with Crippen molar-refractivity contribution < 1.29 is 0 Å². The molecule has 0 amide bonds. The number of rotatable bonds is 4. The predicted octanol–water partition coefficient (Wildman–Crippen LogP) is 2.55. The van der Waals surface area contributed by atoms with Gasteiger partial charge in [-0.15, -0.1) is 12.4 Å². The lowest BCUT2D eigenvalue weighted by Gasteiger charge is -2.34. The number of aryl methyl sites for hydroxylation is 1. The molecule has 146 valence electrons. The normalized spacial score (nSPS) is 20.3. The van der Waals surface area contributed by atoms with Gasteiger partial charge in [0, 0.05) is 45.0 Å². The van der Waals surface area contributed by atoms with Crippen LogP contribution in [0.3, 0.4) is 0 Å². The zero-order valence-corrected chi connectivity index (χ0v) is 17.0. The van der Waals surface area contributed by atoms with E-state index in [1.165, 1.54) is 17.7 Å². The van der Waals surface area contributed by atoms with E-state index in [9.17, 15) is 0 Å². The van der Waals surface area contributed by atoms with Crippen molar-refractivity contribution in [3.63, 3.8) is 0 Å². The van der Waals surface area contributed by atoms with E-state index >= 15 is 0 Å². The van der Waals surface area contributed by atoms with Crippen LogP contribution < -0.4 is 4.90 Å². The molecule has 1 unspecified atom stereocenters. The second kappa shape index (κ2) is 8.95. The fourth-order valence-electron chi connectivity index (χ4n) is 4.06. The van der Waals surface area contributed by atoms with E-state index in [0.717, 1.165) is 57.1 Å². The molecule has 1 atom stereocenters. The van der Waals surface area contributed by atoms with Gasteiger partial charge in [0.1, 0.15) is 12.1 Å². The van der Waals surface area contributed by atoms with Gasteiger partial charge in [-0.3, -0.25) is 9.88 Å². The van der Waals surface area contributed by atoms with E-state index in [1.807, 2.05) is 12.3 Å². The zero-order valence-electron chi connectivity index (χ0n) is 16.2. The summed E-state index contributed by atoms with van der Waals surface area (Å²) >= 11 is 0. The lowest BCUT2D eigenvalue weighted by Crippen LogP contribution is -2.44. The van der Waals surface area contributed by atoms with Crippen LogP contribution in [-0.4, -0.2) is 65.0 Å². The van der Waals surface area contributed by atoms with Gasteiger partial charge in [0.15, 0.2) is 0 Å². The fraction of sp³-hybridized carbons (Fsp3) is 0.550. The molecule has 0 bridgehead atoms. The predicted molar refractivity (Wildman–Crippen MR) is 110 cm³/mol. The SMILES string of the molecule is CN1CCN(c2cc(CN(C)C3CCCc4cccnc43)ncn2)CC1.Cl. The van der Waals surface area contributed by atoms with Crippen LogP contribution in [0.1, 0.15) is 35.8 Å². The minimum Gasteiger partial charge on any atom is -0.354 e. The van der Waals surface area contributed by atoms with Gasteiger partial charge >= 0.3 is 0 Å². The van der Waals surface area contributed by atoms with Gasteiger partial charge in [-0.25, -0.2) is 9.97 Å². The molecule has 7 heteroatoms. The maximum absolute atomic E-state index is 4.67. The third kappa shape index (κ3) is 4.57. The second-order valence-corrected chi connectivity index (χ2v) is 7.53. The highest BCUT2D eigenvalue weighted by Crippen LogP contribution is 2.32. The van der Waals surface area contributed by atoms with Crippen molar-refractivity contribution in [3.8, 4) is 0 Å². The van der Waals surface area contributed by atoms with Crippen LogP contribution >= 0.6 is 12.4 Å². The van der Waals surface area contributed by atoms with Gasteiger partial charge < -0.3 is 9.80 Å². The topological polar surface area (TPSA) is 48.4 Å². The molecule has 2 aromatic heterocycles. The quantitative estimate of drug-likeness (QED) is 0.802. The van der Waals surface area contributed by atoms with Crippen molar-refractivity contribution in [3.05, 3.63) is 47.7 Å². The first-order valence-electron chi connectivity index (χ1n) is 9.59. The van der Waals surface area contributed by atoms with E-state index in [2.05, 4.69) is 55.9 Å². The Bertz CT molecular complexity index is 747. The smallest absolute Gasteiger partial charge is 0.132 e. The van der Waals surface area contributed by atoms with Crippen LogP contribution in [0.2, 0.25) is 0 Å². The minimum atomic E-state index is 0. The molecule has 2 aliphatic rings. The lowest BCUT2D eigenvalue weighted by atomic mass is 9.91. The summed E-state index contributed by atoms with van der Waals surface area (Å²) in [6.07, 6.45) is 7.17. The maximum Gasteiger partial charge on any atom is 0.132 e. The average Bonchev–Trinajstić information content (AvgIpc) is 2.68. The summed E-state index contributed by atoms with van der Waals surface area (Å²) in [7, 11) is 4.36. The Morgan fingerprint density at radius 3 is 2.78 bits per heavy atom. The third-order valence-electron chi connectivity index (χ3n) is 5.65. The summed E-state index contributed by atoms with van der Waals surface area (Å²) < 4.78 is 0. The number of likely N-dealkylation sites (N-methyl/N-ethyl adjacent to an activating group) is 1. The highest BCUT2D eigenvalue weighted by atomic mass is 35.5. The number of hydrogen-bond acceptors (Lipinski definition) is 6. The highest BCUT2D eigenvalue weighted by Gasteiger charge is 2.25. The van der Waals surface area contributed by atoms with Gasteiger partial charge in [-0.05, 0) is 45.0 Å². The number of hydrogen-bond donors (Lipinski definition) is 0. The first-order chi connectivity index (χ1) is 12.7. The molecule has 6 nitrogen and oxygen atoms in total. The first-order valence-corrected chi connectivity index (χ1v) is 9.59. The summed E-state index contributed by atoms with van der Waals surface area (Å²) in [6.45, 7) is 5.06. The number of piperazine rings is 1. The van der Waals surface area contributed by atoms with Gasteiger partial charge in [0.25, 0.3) is 0 Å². The van der Waals surface area contributed by atoms with Crippen LogP contribution in [0.15, 0.2) is 30.7 Å². The summed E-state index contributed by atoms with van der Waals surface area (Å²) in [5.74, 6) is 1.05. The van der Waals surface area contributed by atoms with Crippen LogP contribution in [0.25, 0.3) is 0 Å². The minimum absolute atomic E-state index is 0. The third-order valence-corrected chi connectivity index (χ3v) is 5.65. The average molecular weight is 389 g/mol. The summed E-state index contributed by atoms with van der Waals surface area (Å²) in [4.78, 5) is 20.8.